The van der Waals surface area contributed by atoms with Crippen LogP contribution in [-0.2, 0) is 18.3 Å². The fourth-order valence-electron chi connectivity index (χ4n) is 3.50. The first-order chi connectivity index (χ1) is 14.6. The maximum atomic E-state index is 13.1. The molecule has 1 amide bonds. The number of rotatable bonds is 6. The number of fused-ring (bicyclic) bond motifs is 1. The first-order valence-corrected chi connectivity index (χ1v) is 9.70. The number of anilines is 1. The van der Waals surface area contributed by atoms with Crippen LogP contribution in [0.15, 0.2) is 67.1 Å². The maximum absolute atomic E-state index is 13.1. The Labute approximate surface area is 173 Å². The highest BCUT2D eigenvalue weighted by atomic mass is 16.5. The van der Waals surface area contributed by atoms with Crippen molar-refractivity contribution in [3.05, 3.63) is 84.1 Å². The Morgan fingerprint density at radius 1 is 1.10 bits per heavy atom. The van der Waals surface area contributed by atoms with Crippen molar-refractivity contribution < 1.29 is 14.3 Å². The topological polar surface area (TPSA) is 78.2 Å². The van der Waals surface area contributed by atoms with Crippen molar-refractivity contribution in [1.82, 2.24) is 14.1 Å². The Bertz CT molecular complexity index is 1210. The Morgan fingerprint density at radius 3 is 2.67 bits per heavy atom. The third-order valence-corrected chi connectivity index (χ3v) is 4.88. The van der Waals surface area contributed by atoms with Gasteiger partial charge in [-0.05, 0) is 31.2 Å². The molecule has 7 nitrogen and oxygen atoms in total. The Morgan fingerprint density at radius 2 is 1.90 bits per heavy atom. The summed E-state index contributed by atoms with van der Waals surface area (Å²) >= 11 is 0. The van der Waals surface area contributed by atoms with Crippen molar-refractivity contribution in [2.45, 2.75) is 13.5 Å². The van der Waals surface area contributed by atoms with Gasteiger partial charge in [0.05, 0.1) is 30.1 Å². The molecule has 152 valence electrons. The molecule has 0 radical (unpaired) electrons. The van der Waals surface area contributed by atoms with Gasteiger partial charge in [-0.1, -0.05) is 24.3 Å². The van der Waals surface area contributed by atoms with Crippen molar-refractivity contribution in [3.8, 4) is 0 Å². The average Bonchev–Trinajstić information content (AvgIpc) is 3.30. The zero-order chi connectivity index (χ0) is 21.1. The molecule has 3 aromatic heterocycles. The van der Waals surface area contributed by atoms with Gasteiger partial charge in [0.25, 0.3) is 5.91 Å². The largest absolute Gasteiger partial charge is 0.461 e. The number of pyridine rings is 1. The maximum Gasteiger partial charge on any atom is 0.357 e. The molecule has 0 saturated carbocycles. The van der Waals surface area contributed by atoms with Gasteiger partial charge in [0.15, 0.2) is 5.69 Å². The van der Waals surface area contributed by atoms with Crippen LogP contribution >= 0.6 is 0 Å². The highest BCUT2D eigenvalue weighted by molar-refractivity contribution is 6.14. The van der Waals surface area contributed by atoms with Crippen molar-refractivity contribution in [2.75, 3.05) is 11.9 Å². The minimum absolute atomic E-state index is 0.262. The second-order valence-corrected chi connectivity index (χ2v) is 6.87. The number of nitrogens with zero attached hydrogens (tertiary/aromatic N) is 3. The lowest BCUT2D eigenvalue weighted by molar-refractivity contribution is 0.0516. The van der Waals surface area contributed by atoms with Crippen molar-refractivity contribution >= 4 is 28.5 Å². The zero-order valence-corrected chi connectivity index (χ0v) is 16.8. The predicted octanol–water partition coefficient (Wildman–Crippen LogP) is 3.85. The molecule has 0 atom stereocenters. The SMILES string of the molecule is CCOC(=O)c1c(NC(=O)c2cn(Cc3ccccn3)c3ccccc23)ccn1C. The van der Waals surface area contributed by atoms with Gasteiger partial charge >= 0.3 is 5.97 Å². The van der Waals surface area contributed by atoms with E-state index in [9.17, 15) is 9.59 Å². The molecule has 0 bridgehead atoms. The lowest BCUT2D eigenvalue weighted by atomic mass is 10.1. The molecule has 30 heavy (non-hydrogen) atoms. The van der Waals surface area contributed by atoms with E-state index in [1.54, 1.807) is 37.0 Å². The minimum atomic E-state index is -0.474. The van der Waals surface area contributed by atoms with E-state index in [1.165, 1.54) is 0 Å². The number of aryl methyl sites for hydroxylation is 1. The molecule has 4 rings (SSSR count). The third kappa shape index (κ3) is 3.69. The van der Waals surface area contributed by atoms with E-state index in [2.05, 4.69) is 10.3 Å². The smallest absolute Gasteiger partial charge is 0.357 e. The van der Waals surface area contributed by atoms with Crippen LogP contribution in [0.3, 0.4) is 0 Å². The van der Waals surface area contributed by atoms with Crippen molar-refractivity contribution in [3.63, 3.8) is 0 Å². The third-order valence-electron chi connectivity index (χ3n) is 4.88. The van der Waals surface area contributed by atoms with Gasteiger partial charge in [-0.15, -0.1) is 0 Å². The molecule has 7 heteroatoms. The van der Waals surface area contributed by atoms with Gasteiger partial charge in [-0.3, -0.25) is 9.78 Å². The number of hydrogen-bond acceptors (Lipinski definition) is 4. The molecule has 1 N–H and O–H groups in total. The van der Waals surface area contributed by atoms with Crippen LogP contribution < -0.4 is 5.32 Å². The molecular formula is C23H22N4O3. The van der Waals surface area contributed by atoms with Crippen LogP contribution in [0.4, 0.5) is 5.69 Å². The first-order valence-electron chi connectivity index (χ1n) is 9.70. The molecular weight excluding hydrogens is 380 g/mol. The van der Waals surface area contributed by atoms with E-state index in [1.807, 2.05) is 53.2 Å². The highest BCUT2D eigenvalue weighted by Gasteiger charge is 2.21. The van der Waals surface area contributed by atoms with E-state index in [-0.39, 0.29) is 12.5 Å². The second kappa shape index (κ2) is 8.24. The van der Waals surface area contributed by atoms with Gasteiger partial charge in [0.1, 0.15) is 0 Å². The van der Waals surface area contributed by atoms with E-state index in [0.717, 1.165) is 16.6 Å². The van der Waals surface area contributed by atoms with Crippen LogP contribution in [0, 0.1) is 0 Å². The molecule has 0 aliphatic rings. The quantitative estimate of drug-likeness (QED) is 0.497. The average molecular weight is 402 g/mol. The first kappa shape index (κ1) is 19.4. The summed E-state index contributed by atoms with van der Waals surface area (Å²) in [5.41, 5.74) is 3.09. The van der Waals surface area contributed by atoms with Crippen molar-refractivity contribution in [1.29, 1.82) is 0 Å². The fourth-order valence-corrected chi connectivity index (χ4v) is 3.50. The lowest BCUT2D eigenvalue weighted by Gasteiger charge is -2.08. The van der Waals surface area contributed by atoms with Crippen LogP contribution in [0.5, 0.6) is 0 Å². The summed E-state index contributed by atoms with van der Waals surface area (Å²) in [5.74, 6) is -0.763. The molecule has 1 aromatic carbocycles. The van der Waals surface area contributed by atoms with E-state index < -0.39 is 5.97 Å². The Balaban J connectivity index is 1.67. The summed E-state index contributed by atoms with van der Waals surface area (Å²) in [5, 5.41) is 3.70. The summed E-state index contributed by atoms with van der Waals surface area (Å²) in [7, 11) is 1.74. The van der Waals surface area contributed by atoms with E-state index >= 15 is 0 Å². The monoisotopic (exact) mass is 402 g/mol. The molecule has 0 aliphatic heterocycles. The van der Waals surface area contributed by atoms with Crippen LogP contribution in [-0.4, -0.2) is 32.6 Å². The lowest BCUT2D eigenvalue weighted by Crippen LogP contribution is -2.17. The number of ether oxygens (including phenoxy) is 1. The molecule has 0 saturated heterocycles. The molecule has 0 unspecified atom stereocenters. The number of amides is 1. The summed E-state index contributed by atoms with van der Waals surface area (Å²) in [6.07, 6.45) is 5.29. The number of nitrogens with one attached hydrogen (secondary N) is 1. The predicted molar refractivity (Wildman–Crippen MR) is 115 cm³/mol. The fraction of sp³-hybridized carbons (Fsp3) is 0.174. The standard InChI is InChI=1S/C23H22N4O3/c1-3-30-23(29)21-19(11-13-26(21)2)25-22(28)18-15-27(14-16-8-6-7-12-24-16)20-10-5-4-9-17(18)20/h4-13,15H,3,14H2,1-2H3,(H,25,28). The molecule has 4 aromatic rings. The molecule has 0 fully saturated rings. The highest BCUT2D eigenvalue weighted by Crippen LogP contribution is 2.25. The summed E-state index contributed by atoms with van der Waals surface area (Å²) in [6.45, 7) is 2.56. The summed E-state index contributed by atoms with van der Waals surface area (Å²) in [6, 6.07) is 15.2. The number of aromatic nitrogens is 3. The van der Waals surface area contributed by atoms with Gasteiger partial charge in [0, 0.05) is 36.5 Å². The number of esters is 1. The number of hydrogen-bond donors (Lipinski definition) is 1. The Hall–Kier alpha value is -3.87. The summed E-state index contributed by atoms with van der Waals surface area (Å²) in [4.78, 5) is 29.8. The number of carbonyl (C=O) groups is 2. The number of benzene rings is 1. The van der Waals surface area contributed by atoms with Crippen LogP contribution in [0.1, 0.15) is 33.5 Å². The van der Waals surface area contributed by atoms with Crippen LogP contribution in [0.25, 0.3) is 10.9 Å². The molecule has 0 spiro atoms. The molecule has 0 aliphatic carbocycles. The zero-order valence-electron chi connectivity index (χ0n) is 16.8. The van der Waals surface area contributed by atoms with Gasteiger partial charge < -0.3 is 19.2 Å². The normalized spacial score (nSPS) is 10.9. The van der Waals surface area contributed by atoms with Gasteiger partial charge in [0.2, 0.25) is 0 Å². The Kier molecular flexibility index (Phi) is 5.34. The summed E-state index contributed by atoms with van der Waals surface area (Å²) < 4.78 is 8.75. The van der Waals surface area contributed by atoms with Crippen LogP contribution in [0.2, 0.25) is 0 Å². The molecule has 3 heterocycles. The van der Waals surface area contributed by atoms with Crippen molar-refractivity contribution in [2.24, 2.45) is 7.05 Å². The van der Waals surface area contributed by atoms with Gasteiger partial charge in [-0.2, -0.15) is 0 Å². The number of para-hydroxylation sites is 1. The van der Waals surface area contributed by atoms with E-state index in [4.69, 9.17) is 4.74 Å². The van der Waals surface area contributed by atoms with Gasteiger partial charge in [-0.25, -0.2) is 4.79 Å². The minimum Gasteiger partial charge on any atom is -0.461 e. The second-order valence-electron chi connectivity index (χ2n) is 6.87. The van der Waals surface area contributed by atoms with E-state index in [0.29, 0.717) is 23.5 Å². The number of carbonyl (C=O) groups excluding carboxylic acids is 2.